The molecule has 4 aliphatic rings. The second kappa shape index (κ2) is 16.4. The van der Waals surface area contributed by atoms with Crippen LogP contribution >= 0.6 is 0 Å². The molecule has 0 unspecified atom stereocenters. The topological polar surface area (TPSA) is 150 Å². The molecular weight excluding hydrogens is 761 g/mol. The van der Waals surface area contributed by atoms with E-state index in [1.807, 2.05) is 48.5 Å². The number of esters is 2. The molecule has 0 amide bonds. The summed E-state index contributed by atoms with van der Waals surface area (Å²) in [5, 5.41) is 14.0. The number of benzene rings is 4. The first-order chi connectivity index (χ1) is 29.3. The van der Waals surface area contributed by atoms with Gasteiger partial charge in [0.25, 0.3) is 0 Å². The number of aromatic nitrogens is 2. The van der Waals surface area contributed by atoms with Gasteiger partial charge >= 0.3 is 17.6 Å². The fourth-order valence-corrected chi connectivity index (χ4v) is 10.3. The number of carbonyl (C=O) groups is 2. The van der Waals surface area contributed by atoms with Gasteiger partial charge in [-0.15, -0.1) is 0 Å². The minimum Gasteiger partial charge on any atom is -0.489 e. The normalized spacial score (nSPS) is 16.4. The first-order valence-electron chi connectivity index (χ1n) is 21.2. The van der Waals surface area contributed by atoms with E-state index in [9.17, 15) is 19.7 Å². The second-order valence-electron chi connectivity index (χ2n) is 16.3. The van der Waals surface area contributed by atoms with Gasteiger partial charge in [0, 0.05) is 39.0 Å². The maximum atomic E-state index is 12.2. The Balaban J connectivity index is 0.000000154. The average Bonchev–Trinajstić information content (AvgIpc) is 3.60. The number of hydrogen-bond donors (Lipinski definition) is 1. The van der Waals surface area contributed by atoms with Crippen molar-refractivity contribution in [3.8, 4) is 34.0 Å². The molecule has 2 aliphatic heterocycles. The molecule has 2 N–H and O–H groups in total. The van der Waals surface area contributed by atoms with Crippen molar-refractivity contribution < 1.29 is 33.5 Å². The first kappa shape index (κ1) is 39.2. The van der Waals surface area contributed by atoms with Crippen molar-refractivity contribution in [1.29, 1.82) is 0 Å². The van der Waals surface area contributed by atoms with E-state index in [0.29, 0.717) is 54.2 Å². The Bertz CT molecular complexity index is 2650. The number of nitro benzene ring substituents is 1. The van der Waals surface area contributed by atoms with Crippen LogP contribution < -0.4 is 15.2 Å². The van der Waals surface area contributed by atoms with Crippen LogP contribution in [0.15, 0.2) is 72.8 Å². The van der Waals surface area contributed by atoms with Crippen molar-refractivity contribution in [1.82, 2.24) is 9.13 Å². The van der Waals surface area contributed by atoms with Crippen LogP contribution in [0.2, 0.25) is 0 Å². The summed E-state index contributed by atoms with van der Waals surface area (Å²) in [6.07, 6.45) is 12.0. The minimum absolute atomic E-state index is 0.0129. The predicted octanol–water partition coefficient (Wildman–Crippen LogP) is 10.6. The Morgan fingerprint density at radius 3 is 1.62 bits per heavy atom. The lowest BCUT2D eigenvalue weighted by Crippen LogP contribution is -2.07. The van der Waals surface area contributed by atoms with Crippen molar-refractivity contribution in [3.63, 3.8) is 0 Å². The molecular formula is C48H50N4O8. The van der Waals surface area contributed by atoms with Gasteiger partial charge in [-0.2, -0.15) is 0 Å². The van der Waals surface area contributed by atoms with Crippen LogP contribution in [-0.2, 0) is 22.6 Å². The zero-order chi connectivity index (χ0) is 41.5. The van der Waals surface area contributed by atoms with E-state index >= 15 is 0 Å². The third kappa shape index (κ3) is 6.81. The van der Waals surface area contributed by atoms with E-state index in [2.05, 4.69) is 21.3 Å². The lowest BCUT2D eigenvalue weighted by atomic mass is 9.81. The molecule has 6 aromatic rings. The molecule has 4 aromatic carbocycles. The molecule has 2 aromatic heterocycles. The van der Waals surface area contributed by atoms with Crippen molar-refractivity contribution in [3.05, 3.63) is 105 Å². The number of rotatable bonds is 5. The zero-order valence-corrected chi connectivity index (χ0v) is 34.2. The smallest absolute Gasteiger partial charge is 0.337 e. The van der Waals surface area contributed by atoms with E-state index in [4.69, 9.17) is 24.7 Å². The van der Waals surface area contributed by atoms with Crippen molar-refractivity contribution in [2.75, 3.05) is 33.2 Å². The Kier molecular flexibility index (Phi) is 10.7. The predicted molar refractivity (Wildman–Crippen MR) is 231 cm³/mol. The summed E-state index contributed by atoms with van der Waals surface area (Å²) in [4.78, 5) is 35.7. The number of para-hydroxylation sites is 2. The summed E-state index contributed by atoms with van der Waals surface area (Å²) in [5.41, 5.74) is 16.6. The van der Waals surface area contributed by atoms with Gasteiger partial charge in [-0.25, -0.2) is 9.59 Å². The molecule has 0 spiro atoms. The number of carbonyl (C=O) groups excluding carboxylic acids is 2. The quantitative estimate of drug-likeness (QED) is 0.0776. The monoisotopic (exact) mass is 810 g/mol. The Labute approximate surface area is 348 Å². The average molecular weight is 811 g/mol. The van der Waals surface area contributed by atoms with Gasteiger partial charge in [-0.3, -0.25) is 10.1 Å². The van der Waals surface area contributed by atoms with Gasteiger partial charge in [0.05, 0.1) is 60.4 Å². The Morgan fingerprint density at radius 1 is 0.667 bits per heavy atom. The summed E-state index contributed by atoms with van der Waals surface area (Å²) >= 11 is 0. The summed E-state index contributed by atoms with van der Waals surface area (Å²) < 4.78 is 26.4. The minimum atomic E-state index is -0.382. The van der Waals surface area contributed by atoms with E-state index in [0.717, 1.165) is 58.4 Å². The standard InChI is InChI=1S/C24H24N2O5.C24H26N2O3/c1-30-24(27)16-10-11-17-20(14-16)25-12-13-31-23-18(8-5-9-19(23)26(28)29)22(25)21(17)15-6-3-2-4-7-15;1-28-24(27)16-10-11-17-20(14-16)26-12-13-29-23-18(8-5-9-19(23)25)22(26)21(17)15-6-3-2-4-7-15/h5,8-11,14-15H,2-4,6-7,12-13H2,1H3;5,8-11,14-15H,2-4,6-7,12-13,25H2,1H3. The highest BCUT2D eigenvalue weighted by atomic mass is 16.6. The van der Waals surface area contributed by atoms with Gasteiger partial charge in [0.2, 0.25) is 5.75 Å². The van der Waals surface area contributed by atoms with Crippen LogP contribution in [0.3, 0.4) is 0 Å². The number of nitrogen functional groups attached to an aromatic ring is 1. The number of hydrogen-bond acceptors (Lipinski definition) is 9. The van der Waals surface area contributed by atoms with E-state index in [1.54, 1.807) is 6.07 Å². The van der Waals surface area contributed by atoms with Crippen LogP contribution in [0.4, 0.5) is 11.4 Å². The SMILES string of the molecule is COC(=O)c1ccc2c(C3CCCCC3)c3n(c2c1)CCOc1c(N)cccc1-3.COC(=O)c1ccc2c(C3CCCCC3)c3n(c2c1)CCOc1c-3cccc1[N+](=O)[O-]. The molecule has 0 saturated heterocycles. The number of anilines is 1. The van der Waals surface area contributed by atoms with E-state index in [-0.39, 0.29) is 22.5 Å². The molecule has 4 heterocycles. The Morgan fingerprint density at radius 2 is 1.13 bits per heavy atom. The fraction of sp³-hybridized carbons (Fsp3) is 0.375. The zero-order valence-electron chi connectivity index (χ0n) is 34.2. The van der Waals surface area contributed by atoms with E-state index in [1.165, 1.54) is 93.9 Å². The largest absolute Gasteiger partial charge is 0.489 e. The van der Waals surface area contributed by atoms with Crippen molar-refractivity contribution in [2.24, 2.45) is 0 Å². The molecule has 0 atom stereocenters. The summed E-state index contributed by atoms with van der Waals surface area (Å²) in [6.45, 7) is 2.14. The Hall–Kier alpha value is -6.30. The molecule has 10 rings (SSSR count). The van der Waals surface area contributed by atoms with E-state index < -0.39 is 0 Å². The molecule has 0 bridgehead atoms. The lowest BCUT2D eigenvalue weighted by Gasteiger charge is -2.23. The van der Waals surface area contributed by atoms with Gasteiger partial charge in [0.15, 0.2) is 5.75 Å². The summed E-state index contributed by atoms with van der Waals surface area (Å²) in [5.74, 6) is 1.31. The number of nitrogens with zero attached hydrogens (tertiary/aromatic N) is 3. The molecule has 310 valence electrons. The van der Waals surface area contributed by atoms with Crippen LogP contribution in [0, 0.1) is 10.1 Å². The third-order valence-electron chi connectivity index (χ3n) is 12.9. The van der Waals surface area contributed by atoms with Crippen LogP contribution in [0.5, 0.6) is 11.5 Å². The van der Waals surface area contributed by atoms with Crippen molar-refractivity contribution >= 4 is 45.1 Å². The van der Waals surface area contributed by atoms with Crippen molar-refractivity contribution in [2.45, 2.75) is 89.1 Å². The molecule has 2 aliphatic carbocycles. The number of fused-ring (bicyclic) bond motifs is 10. The molecule has 60 heavy (non-hydrogen) atoms. The maximum absolute atomic E-state index is 12.2. The highest BCUT2D eigenvalue weighted by Gasteiger charge is 2.33. The number of nitro groups is 1. The number of ether oxygens (including phenoxy) is 4. The highest BCUT2D eigenvalue weighted by Crippen LogP contribution is 2.50. The summed E-state index contributed by atoms with van der Waals surface area (Å²) in [6, 6.07) is 22.8. The molecule has 12 nitrogen and oxygen atoms in total. The van der Waals surface area contributed by atoms with Crippen LogP contribution in [0.25, 0.3) is 44.3 Å². The van der Waals surface area contributed by atoms with Crippen LogP contribution in [-0.4, -0.2) is 53.4 Å². The molecule has 0 radical (unpaired) electrons. The molecule has 2 saturated carbocycles. The van der Waals surface area contributed by atoms with Gasteiger partial charge in [-0.05, 0) is 91.1 Å². The maximum Gasteiger partial charge on any atom is 0.337 e. The molecule has 2 fully saturated rings. The number of nitrogens with two attached hydrogens (primary N) is 1. The first-order valence-corrected chi connectivity index (χ1v) is 21.2. The highest BCUT2D eigenvalue weighted by molar-refractivity contribution is 6.01. The fourth-order valence-electron chi connectivity index (χ4n) is 10.3. The summed E-state index contributed by atoms with van der Waals surface area (Å²) in [7, 11) is 2.80. The third-order valence-corrected chi connectivity index (χ3v) is 12.9. The van der Waals surface area contributed by atoms with Gasteiger partial charge in [0.1, 0.15) is 13.2 Å². The van der Waals surface area contributed by atoms with Crippen LogP contribution in [0.1, 0.15) is 108 Å². The van der Waals surface area contributed by atoms with Gasteiger partial charge < -0.3 is 33.8 Å². The molecule has 12 heteroatoms. The second-order valence-corrected chi connectivity index (χ2v) is 16.3. The number of methoxy groups -OCH3 is 2. The van der Waals surface area contributed by atoms with Gasteiger partial charge in [-0.1, -0.05) is 62.8 Å². The lowest BCUT2D eigenvalue weighted by molar-refractivity contribution is -0.385.